The van der Waals surface area contributed by atoms with Crippen LogP contribution < -0.4 is 26.3 Å². The molecular formula is C51H58F10N10O8. The summed E-state index contributed by atoms with van der Waals surface area (Å²) in [4.78, 5) is 61.1. The van der Waals surface area contributed by atoms with Crippen molar-refractivity contribution in [3.8, 4) is 23.1 Å². The van der Waals surface area contributed by atoms with Crippen LogP contribution in [0.1, 0.15) is 49.9 Å². The van der Waals surface area contributed by atoms with Gasteiger partial charge in [0.15, 0.2) is 0 Å². The van der Waals surface area contributed by atoms with E-state index in [1.54, 1.807) is 22.9 Å². The van der Waals surface area contributed by atoms with E-state index in [-0.39, 0.29) is 16.8 Å². The molecule has 79 heavy (non-hydrogen) atoms. The molecule has 6 N–H and O–H groups in total. The first-order chi connectivity index (χ1) is 37.0. The molecule has 430 valence electrons. The number of nitrogens with one attached hydrogen (secondary N) is 4. The van der Waals surface area contributed by atoms with E-state index in [2.05, 4.69) is 41.8 Å². The van der Waals surface area contributed by atoms with Crippen LogP contribution in [-0.2, 0) is 38.6 Å². The van der Waals surface area contributed by atoms with Crippen molar-refractivity contribution in [3.63, 3.8) is 0 Å². The lowest BCUT2D eigenvalue weighted by molar-refractivity contribution is -0.221. The van der Waals surface area contributed by atoms with Gasteiger partial charge >= 0.3 is 24.5 Å². The summed E-state index contributed by atoms with van der Waals surface area (Å²) >= 11 is 0. The highest BCUT2D eigenvalue weighted by molar-refractivity contribution is 5.87. The molecule has 4 aromatic rings. The molecule has 0 aliphatic carbocycles. The van der Waals surface area contributed by atoms with E-state index >= 15 is 8.78 Å². The summed E-state index contributed by atoms with van der Waals surface area (Å²) in [6.45, 7) is 3.72. The van der Waals surface area contributed by atoms with Crippen molar-refractivity contribution in [2.75, 3.05) is 57.9 Å². The smallest absolute Gasteiger partial charge is 0.407 e. The lowest BCUT2D eigenvalue weighted by atomic mass is 9.82. The van der Waals surface area contributed by atoms with Crippen LogP contribution in [0.4, 0.5) is 59.3 Å². The van der Waals surface area contributed by atoms with Crippen LogP contribution in [0.15, 0.2) is 67.0 Å². The van der Waals surface area contributed by atoms with Crippen LogP contribution in [0.2, 0.25) is 0 Å². The number of hydrogen-bond donors (Lipinski definition) is 6. The number of hydrogen-bond acceptors (Lipinski definition) is 12. The third kappa shape index (κ3) is 15.5. The van der Waals surface area contributed by atoms with Crippen molar-refractivity contribution < 1.29 is 82.8 Å². The molecule has 0 spiro atoms. The zero-order chi connectivity index (χ0) is 58.2. The summed E-state index contributed by atoms with van der Waals surface area (Å²) in [5.41, 5.74) is -4.32. The maximum absolute atomic E-state index is 16.1. The number of carbonyl (C=O) groups excluding carboxylic acids is 3. The van der Waals surface area contributed by atoms with Crippen LogP contribution in [0.3, 0.4) is 0 Å². The lowest BCUT2D eigenvalue weighted by Gasteiger charge is -2.42. The molecule has 4 amide bonds. The van der Waals surface area contributed by atoms with Gasteiger partial charge in [0.2, 0.25) is 5.91 Å². The number of aromatic nitrogens is 3. The molecule has 2 aliphatic rings. The van der Waals surface area contributed by atoms with Crippen LogP contribution in [-0.4, -0.2) is 161 Å². The Labute approximate surface area is 446 Å². The second kappa shape index (κ2) is 25.3. The van der Waals surface area contributed by atoms with Crippen LogP contribution >= 0.6 is 0 Å². The molecule has 28 heteroatoms. The number of nitrogens with zero attached hydrogens (tertiary/aromatic N) is 6. The number of aliphatic hydroxyl groups is 1. The number of piperazine rings is 1. The number of benzene rings is 2. The number of carboxylic acid groups (broad SMARTS) is 1. The van der Waals surface area contributed by atoms with Crippen LogP contribution in [0.25, 0.3) is 11.3 Å². The van der Waals surface area contributed by atoms with Gasteiger partial charge in [0, 0.05) is 73.9 Å². The van der Waals surface area contributed by atoms with Gasteiger partial charge in [-0.3, -0.25) is 24.6 Å². The molecule has 4 heterocycles. The molecule has 18 nitrogen and oxygen atoms in total. The normalized spacial score (nSPS) is 16.3. The predicted molar refractivity (Wildman–Crippen MR) is 263 cm³/mol. The number of pyridine rings is 1. The maximum atomic E-state index is 16.1. The summed E-state index contributed by atoms with van der Waals surface area (Å²) in [6.07, 6.45) is -16.8. The van der Waals surface area contributed by atoms with E-state index in [0.717, 1.165) is 75.3 Å². The quantitative estimate of drug-likeness (QED) is 0.0348. The monoisotopic (exact) mass is 1130 g/mol. The Morgan fingerprint density at radius 1 is 0.823 bits per heavy atom. The van der Waals surface area contributed by atoms with Gasteiger partial charge in [0.1, 0.15) is 36.1 Å². The lowest BCUT2D eigenvalue weighted by Crippen LogP contribution is -2.63. The Bertz CT molecular complexity index is 2810. The number of ether oxygens (including phenoxy) is 2. The van der Waals surface area contributed by atoms with Crippen LogP contribution in [0.5, 0.6) is 0 Å². The number of hydrazine groups is 1. The molecule has 2 aliphatic heterocycles. The molecular weight excluding hydrogens is 1070 g/mol. The van der Waals surface area contributed by atoms with Crippen molar-refractivity contribution in [2.45, 2.75) is 96.3 Å². The minimum atomic E-state index is -5.23. The van der Waals surface area contributed by atoms with E-state index in [9.17, 15) is 64.5 Å². The van der Waals surface area contributed by atoms with Crippen molar-refractivity contribution in [2.24, 2.45) is 10.8 Å². The van der Waals surface area contributed by atoms with E-state index in [0.29, 0.717) is 49.9 Å². The van der Waals surface area contributed by atoms with Gasteiger partial charge in [-0.15, -0.1) is 0 Å². The minimum Gasteiger partial charge on any atom is -0.465 e. The molecule has 4 unspecified atom stereocenters. The summed E-state index contributed by atoms with van der Waals surface area (Å²) in [6, 6.07) is 5.68. The average Bonchev–Trinajstić information content (AvgIpc) is 3.86. The number of halogens is 10. The van der Waals surface area contributed by atoms with E-state index in [1.807, 2.05) is 11.5 Å². The Morgan fingerprint density at radius 3 is 1.92 bits per heavy atom. The number of rotatable bonds is 20. The molecule has 0 radical (unpaired) electrons. The topological polar surface area (TPSA) is 216 Å². The molecule has 6 rings (SSSR count). The largest absolute Gasteiger partial charge is 0.465 e. The first-order valence-corrected chi connectivity index (χ1v) is 24.4. The molecule has 4 atom stereocenters. The Balaban J connectivity index is 1.31. The summed E-state index contributed by atoms with van der Waals surface area (Å²) < 4.78 is 155. The van der Waals surface area contributed by atoms with Crippen LogP contribution in [0, 0.1) is 34.3 Å². The number of alkyl halides is 8. The Kier molecular flexibility index (Phi) is 19.5. The molecule has 2 aromatic carbocycles. The third-order valence-corrected chi connectivity index (χ3v) is 13.6. The van der Waals surface area contributed by atoms with Crippen molar-refractivity contribution >= 4 is 29.8 Å². The van der Waals surface area contributed by atoms with Crippen molar-refractivity contribution in [1.82, 2.24) is 46.0 Å². The number of methoxy groups -OCH3 is 1. The van der Waals surface area contributed by atoms with Gasteiger partial charge in [-0.2, -0.15) is 31.4 Å². The number of amides is 4. The Hall–Kier alpha value is -7.22. The van der Waals surface area contributed by atoms with E-state index in [4.69, 9.17) is 4.74 Å². The fourth-order valence-electron chi connectivity index (χ4n) is 8.42. The standard InChI is InChI=1S/C51H58F10N10O8/c1-48(2,50(56,57)58)42(64-46(75)76)44(73)63-38(20-30-9-6-29(7-10-30)8-11-31-12-13-41(62-23-31)69-18-16-68(17-19-69)33-27-79-28-33)39(72)25-71(67-45(74)43(65-47(77)78-5)49(3,4)51(59,60)61)24-34-35(52)21-32(22-36(34)53)37-14-15-70(66-37)26-40(54)55/h6-7,9-10,12-15,21-23,33,38-40,42-43,64,72H,16-20,24-28H2,1-5H3,(H,63,73)(H,65,77)(H,67,74)(H,75,76). The summed E-state index contributed by atoms with van der Waals surface area (Å²) in [7, 11) is 0.778. The number of alkyl carbamates (subject to hydrolysis) is 1. The highest BCUT2D eigenvalue weighted by atomic mass is 19.4. The SMILES string of the molecule is COC(=O)NC(C(=O)NN(Cc1c(F)cc(-c2ccn(CC(F)F)n2)cc1F)CC(O)C(Cc1ccc(C#Cc2ccc(N3CCN(C4COC4)CC3)nc2)cc1)NC(=O)C(NC(=O)O)C(C)(C)C(F)(F)F)C(C)(C)C(F)(F)F. The average molecular weight is 1130 g/mol. The zero-order valence-electron chi connectivity index (χ0n) is 43.2. The highest BCUT2D eigenvalue weighted by Gasteiger charge is 2.57. The molecule has 0 bridgehead atoms. The van der Waals surface area contributed by atoms with Gasteiger partial charge in [0.05, 0.1) is 55.0 Å². The number of anilines is 1. The Morgan fingerprint density at radius 2 is 1.41 bits per heavy atom. The fourth-order valence-corrected chi connectivity index (χ4v) is 8.42. The number of carbonyl (C=O) groups is 4. The highest BCUT2D eigenvalue weighted by Crippen LogP contribution is 2.42. The van der Waals surface area contributed by atoms with E-state index in [1.165, 1.54) is 30.3 Å². The summed E-state index contributed by atoms with van der Waals surface area (Å²) in [5, 5.41) is 31.4. The van der Waals surface area contributed by atoms with E-state index < -0.39 is 121 Å². The predicted octanol–water partition coefficient (Wildman–Crippen LogP) is 5.87. The van der Waals surface area contributed by atoms with Crippen molar-refractivity contribution in [1.29, 1.82) is 0 Å². The number of aliphatic hydroxyl groups excluding tert-OH is 1. The molecule has 2 aromatic heterocycles. The molecule has 2 fully saturated rings. The van der Waals surface area contributed by atoms with Gasteiger partial charge < -0.3 is 40.5 Å². The van der Waals surface area contributed by atoms with Gasteiger partial charge in [0.25, 0.3) is 12.3 Å². The molecule has 0 saturated carbocycles. The zero-order valence-corrected chi connectivity index (χ0v) is 43.2. The first kappa shape index (κ1) is 61.0. The minimum absolute atomic E-state index is 0.164. The second-order valence-corrected chi connectivity index (χ2v) is 19.9. The van der Waals surface area contributed by atoms with Gasteiger partial charge in [-0.05, 0) is 82.1 Å². The van der Waals surface area contributed by atoms with Gasteiger partial charge in [-0.25, -0.2) is 37.1 Å². The fraction of sp³-hybridized carbons (Fsp3) is 0.490. The molecule has 2 saturated heterocycles. The second-order valence-electron chi connectivity index (χ2n) is 19.9. The summed E-state index contributed by atoms with van der Waals surface area (Å²) in [5.74, 6) is 0.634. The van der Waals surface area contributed by atoms with Crippen molar-refractivity contribution in [3.05, 3.63) is 101 Å². The van der Waals surface area contributed by atoms with Gasteiger partial charge in [-0.1, -0.05) is 24.0 Å². The maximum Gasteiger partial charge on any atom is 0.407 e. The third-order valence-electron chi connectivity index (χ3n) is 13.6. The first-order valence-electron chi connectivity index (χ1n) is 24.4.